The first-order valence-electron chi connectivity index (χ1n) is 6.74. The fourth-order valence-electron chi connectivity index (χ4n) is 2.90. The van der Waals surface area contributed by atoms with Gasteiger partial charge in [-0.05, 0) is 26.2 Å². The highest BCUT2D eigenvalue weighted by Crippen LogP contribution is 2.32. The summed E-state index contributed by atoms with van der Waals surface area (Å²) in [4.78, 5) is 27.2. The molecule has 2 aliphatic rings. The molecule has 0 aromatic rings. The van der Waals surface area contributed by atoms with E-state index in [1.54, 1.807) is 4.90 Å². The molecule has 0 spiro atoms. The third kappa shape index (κ3) is 2.99. The van der Waals surface area contributed by atoms with Crippen LogP contribution in [-0.4, -0.2) is 63.1 Å². The third-order valence-corrected chi connectivity index (χ3v) is 5.19. The first-order valence-corrected chi connectivity index (χ1v) is 7.73. The van der Waals surface area contributed by atoms with Crippen LogP contribution in [0.25, 0.3) is 0 Å². The Morgan fingerprint density at radius 1 is 1.32 bits per heavy atom. The van der Waals surface area contributed by atoms with Gasteiger partial charge >= 0.3 is 12.0 Å². The summed E-state index contributed by atoms with van der Waals surface area (Å²) in [6, 6.07) is -0.768. The van der Waals surface area contributed by atoms with E-state index >= 15 is 0 Å². The number of urea groups is 1. The van der Waals surface area contributed by atoms with Crippen LogP contribution in [0.1, 0.15) is 27.2 Å². The molecule has 2 amide bonds. The van der Waals surface area contributed by atoms with Gasteiger partial charge in [-0.15, -0.1) is 0 Å². The van der Waals surface area contributed by atoms with Crippen LogP contribution >= 0.6 is 11.8 Å². The maximum Gasteiger partial charge on any atom is 0.326 e. The van der Waals surface area contributed by atoms with Crippen LogP contribution in [0.4, 0.5) is 4.79 Å². The van der Waals surface area contributed by atoms with Crippen molar-refractivity contribution in [1.82, 2.24) is 9.80 Å². The summed E-state index contributed by atoms with van der Waals surface area (Å²) < 4.78 is 0.0535. The van der Waals surface area contributed by atoms with Crippen molar-refractivity contribution in [3.8, 4) is 0 Å². The molecule has 0 bridgehead atoms. The second-order valence-corrected chi connectivity index (χ2v) is 7.86. The molecule has 0 aromatic carbocycles. The zero-order valence-corrected chi connectivity index (χ0v) is 12.6. The van der Waals surface area contributed by atoms with Crippen molar-refractivity contribution in [2.75, 3.05) is 25.4 Å². The summed E-state index contributed by atoms with van der Waals surface area (Å²) in [5.74, 6) is 0.0671. The Balaban J connectivity index is 2.09. The Bertz CT molecular complexity index is 386. The summed E-state index contributed by atoms with van der Waals surface area (Å²) >= 11 is 1.86. The second kappa shape index (κ2) is 5.23. The number of thioether (sulfide) groups is 1. The molecule has 6 heteroatoms. The fourth-order valence-corrected chi connectivity index (χ4v) is 4.01. The minimum Gasteiger partial charge on any atom is -0.480 e. The van der Waals surface area contributed by atoms with Crippen molar-refractivity contribution in [1.29, 1.82) is 0 Å². The number of carbonyl (C=O) groups is 2. The average Bonchev–Trinajstić information content (AvgIpc) is 2.68. The van der Waals surface area contributed by atoms with Gasteiger partial charge in [-0.3, -0.25) is 0 Å². The van der Waals surface area contributed by atoms with Crippen LogP contribution in [0.15, 0.2) is 0 Å². The van der Waals surface area contributed by atoms with E-state index in [1.807, 2.05) is 23.6 Å². The van der Waals surface area contributed by atoms with E-state index in [2.05, 4.69) is 13.8 Å². The molecule has 0 saturated carbocycles. The molecular weight excluding hydrogens is 264 g/mol. The molecule has 0 radical (unpaired) electrons. The monoisotopic (exact) mass is 286 g/mol. The highest BCUT2D eigenvalue weighted by molar-refractivity contribution is 8.00. The molecule has 2 heterocycles. The van der Waals surface area contributed by atoms with Gasteiger partial charge in [0, 0.05) is 30.1 Å². The zero-order chi connectivity index (χ0) is 14.2. The van der Waals surface area contributed by atoms with E-state index in [4.69, 9.17) is 0 Å². The minimum atomic E-state index is -0.885. The van der Waals surface area contributed by atoms with Crippen LogP contribution in [-0.2, 0) is 4.79 Å². The zero-order valence-electron chi connectivity index (χ0n) is 11.8. The molecule has 2 aliphatic heterocycles. The highest BCUT2D eigenvalue weighted by atomic mass is 32.2. The Morgan fingerprint density at radius 2 is 2.00 bits per heavy atom. The lowest BCUT2D eigenvalue weighted by atomic mass is 10.0. The normalized spacial score (nSPS) is 30.5. The minimum absolute atomic E-state index is 0.0358. The Labute approximate surface area is 118 Å². The molecule has 2 atom stereocenters. The quantitative estimate of drug-likeness (QED) is 0.797. The predicted molar refractivity (Wildman–Crippen MR) is 75.4 cm³/mol. The van der Waals surface area contributed by atoms with Gasteiger partial charge in [-0.2, -0.15) is 11.8 Å². The molecule has 1 N–H and O–H groups in total. The number of aliphatic carboxylic acids is 1. The molecule has 2 saturated heterocycles. The number of rotatable bonds is 1. The number of hydrogen-bond acceptors (Lipinski definition) is 3. The van der Waals surface area contributed by atoms with Gasteiger partial charge in [0.25, 0.3) is 0 Å². The summed E-state index contributed by atoms with van der Waals surface area (Å²) in [6.07, 6.45) is 0.773. The maximum atomic E-state index is 12.5. The van der Waals surface area contributed by atoms with Gasteiger partial charge in [0.15, 0.2) is 0 Å². The SMILES string of the molecule is CC1CCN(C(=O)N2CCSC(C)(C)C2)C1C(=O)O. The van der Waals surface area contributed by atoms with E-state index in [1.165, 1.54) is 0 Å². The number of carboxylic acids is 1. The van der Waals surface area contributed by atoms with Gasteiger partial charge in [-0.25, -0.2) is 9.59 Å². The Hall–Kier alpha value is -0.910. The standard InChI is InChI=1S/C13H22N2O3S/c1-9-4-5-15(10(9)11(16)17)12(18)14-6-7-19-13(2,3)8-14/h9-10H,4-8H2,1-3H3,(H,16,17). The van der Waals surface area contributed by atoms with Gasteiger partial charge < -0.3 is 14.9 Å². The Kier molecular flexibility index (Phi) is 3.99. The average molecular weight is 286 g/mol. The van der Waals surface area contributed by atoms with Gasteiger partial charge in [0.2, 0.25) is 0 Å². The molecule has 0 aromatic heterocycles. The smallest absolute Gasteiger partial charge is 0.326 e. The molecule has 2 rings (SSSR count). The topological polar surface area (TPSA) is 60.9 Å². The molecule has 19 heavy (non-hydrogen) atoms. The summed E-state index contributed by atoms with van der Waals surface area (Å²) in [5, 5.41) is 9.29. The highest BCUT2D eigenvalue weighted by Gasteiger charge is 2.42. The van der Waals surface area contributed by atoms with Crippen LogP contribution in [0.5, 0.6) is 0 Å². The van der Waals surface area contributed by atoms with E-state index < -0.39 is 12.0 Å². The van der Waals surface area contributed by atoms with Crippen molar-refractivity contribution in [3.05, 3.63) is 0 Å². The molecule has 2 unspecified atom stereocenters. The summed E-state index contributed by atoms with van der Waals surface area (Å²) in [7, 11) is 0. The lowest BCUT2D eigenvalue weighted by Crippen LogP contribution is -2.54. The lowest BCUT2D eigenvalue weighted by molar-refractivity contribution is -0.142. The largest absolute Gasteiger partial charge is 0.480 e. The number of hydrogen-bond donors (Lipinski definition) is 1. The summed E-state index contributed by atoms with van der Waals surface area (Å²) in [5.41, 5.74) is 0. The fraction of sp³-hybridized carbons (Fsp3) is 0.846. The molecule has 108 valence electrons. The van der Waals surface area contributed by atoms with Crippen LogP contribution in [0, 0.1) is 5.92 Å². The van der Waals surface area contributed by atoms with Crippen molar-refractivity contribution < 1.29 is 14.7 Å². The van der Waals surface area contributed by atoms with Crippen molar-refractivity contribution >= 4 is 23.8 Å². The number of nitrogens with zero attached hydrogens (tertiary/aromatic N) is 2. The summed E-state index contributed by atoms with van der Waals surface area (Å²) in [6.45, 7) is 8.11. The molecule has 5 nitrogen and oxygen atoms in total. The Morgan fingerprint density at radius 3 is 2.58 bits per heavy atom. The van der Waals surface area contributed by atoms with Crippen LogP contribution < -0.4 is 0 Å². The van der Waals surface area contributed by atoms with Crippen LogP contribution in [0.3, 0.4) is 0 Å². The maximum absolute atomic E-state index is 12.5. The number of amides is 2. The molecular formula is C13H22N2O3S. The van der Waals surface area contributed by atoms with E-state index in [0.29, 0.717) is 19.6 Å². The predicted octanol–water partition coefficient (Wildman–Crippen LogP) is 1.73. The van der Waals surface area contributed by atoms with Gasteiger partial charge in [-0.1, -0.05) is 6.92 Å². The van der Waals surface area contributed by atoms with Gasteiger partial charge in [0.1, 0.15) is 6.04 Å². The number of likely N-dealkylation sites (tertiary alicyclic amines) is 1. The first kappa shape index (κ1) is 14.5. The number of carboxylic acid groups (broad SMARTS) is 1. The van der Waals surface area contributed by atoms with E-state index in [-0.39, 0.29) is 16.7 Å². The molecule has 2 fully saturated rings. The number of carbonyl (C=O) groups excluding carboxylic acids is 1. The van der Waals surface area contributed by atoms with Crippen molar-refractivity contribution in [2.24, 2.45) is 5.92 Å². The van der Waals surface area contributed by atoms with Crippen molar-refractivity contribution in [3.63, 3.8) is 0 Å². The van der Waals surface area contributed by atoms with Crippen LogP contribution in [0.2, 0.25) is 0 Å². The van der Waals surface area contributed by atoms with E-state index in [0.717, 1.165) is 12.2 Å². The first-order chi connectivity index (χ1) is 8.82. The van der Waals surface area contributed by atoms with Gasteiger partial charge in [0.05, 0.1) is 0 Å². The van der Waals surface area contributed by atoms with E-state index in [9.17, 15) is 14.7 Å². The molecule has 0 aliphatic carbocycles. The van der Waals surface area contributed by atoms with Crippen molar-refractivity contribution in [2.45, 2.75) is 38.0 Å². The lowest BCUT2D eigenvalue weighted by Gasteiger charge is -2.40. The second-order valence-electron chi connectivity index (χ2n) is 6.05. The third-order valence-electron chi connectivity index (χ3n) is 3.90.